The average molecular weight is 764 g/mol. The minimum Gasteiger partial charge on any atom is -0.457 e. The molecule has 4 nitrogen and oxygen atoms in total. The Morgan fingerprint density at radius 3 is 1.65 bits per heavy atom. The number of nitrogens with zero attached hydrogens (tertiary/aromatic N) is 3. The van der Waals surface area contributed by atoms with Crippen molar-refractivity contribution in [2.45, 2.75) is 5.41 Å². The van der Waals surface area contributed by atoms with Crippen molar-refractivity contribution < 1.29 is 4.74 Å². The quantitative estimate of drug-likeness (QED) is 0.168. The molecule has 0 unspecified atom stereocenters. The standard InChI is InChI=1S/C56H33N3O/c1-3-13-34(14-4-1)46-31-26-36-23-24-37-27-32-47(58-55(37)54(36)57-46)38-25-29-42-41(33-38)52-45(56(42)43-18-8-11-21-49(43)60-50-22-12-9-19-44(50)56)30-28-40-51(52)39-17-7-10-20-48(39)59-53(40)35-15-5-2-6-16-35/h1-33H. The molecule has 4 heterocycles. The van der Waals surface area contributed by atoms with Crippen LogP contribution in [0.25, 0.3) is 88.4 Å². The van der Waals surface area contributed by atoms with E-state index in [1.807, 2.05) is 6.07 Å². The van der Waals surface area contributed by atoms with Crippen LogP contribution in [0.4, 0.5) is 0 Å². The highest BCUT2D eigenvalue weighted by Crippen LogP contribution is 2.64. The van der Waals surface area contributed by atoms with Gasteiger partial charge < -0.3 is 4.74 Å². The Bertz CT molecular complexity index is 3530. The molecule has 4 heteroatoms. The molecule has 0 amide bonds. The first-order valence-electron chi connectivity index (χ1n) is 20.4. The van der Waals surface area contributed by atoms with E-state index < -0.39 is 5.41 Å². The molecule has 0 atom stereocenters. The van der Waals surface area contributed by atoms with Gasteiger partial charge in [0.25, 0.3) is 0 Å². The second kappa shape index (κ2) is 12.5. The fourth-order valence-electron chi connectivity index (χ4n) is 10.1. The summed E-state index contributed by atoms with van der Waals surface area (Å²) in [6.07, 6.45) is 0. The Labute approximate surface area is 346 Å². The van der Waals surface area contributed by atoms with Gasteiger partial charge in [0, 0.05) is 54.7 Å². The lowest BCUT2D eigenvalue weighted by atomic mass is 9.66. The molecule has 8 aromatic carbocycles. The SMILES string of the molecule is c1ccc(-c2ccc3ccc4ccc(-c5ccc6c(c5)-c5c(ccc7c(-c8ccccc8)nc8ccccc8c57)C65c6ccccc6Oc6ccccc65)nc4c3n2)cc1. The number of aromatic nitrogens is 3. The van der Waals surface area contributed by atoms with E-state index in [1.54, 1.807) is 0 Å². The monoisotopic (exact) mass is 763 g/mol. The number of fused-ring (bicyclic) bond motifs is 16. The van der Waals surface area contributed by atoms with Crippen LogP contribution in [0.1, 0.15) is 22.3 Å². The van der Waals surface area contributed by atoms with Crippen LogP contribution in [0.15, 0.2) is 200 Å². The molecule has 1 aliphatic carbocycles. The fourth-order valence-corrected chi connectivity index (χ4v) is 10.1. The number of hydrogen-bond donors (Lipinski definition) is 0. The maximum absolute atomic E-state index is 6.71. The van der Waals surface area contributed by atoms with Crippen LogP contribution in [0, 0.1) is 0 Å². The maximum atomic E-state index is 6.71. The Kier molecular flexibility index (Phi) is 6.90. The van der Waals surface area contributed by atoms with E-state index in [-0.39, 0.29) is 0 Å². The van der Waals surface area contributed by atoms with E-state index >= 15 is 0 Å². The van der Waals surface area contributed by atoms with Crippen LogP contribution in [-0.2, 0) is 5.41 Å². The highest BCUT2D eigenvalue weighted by atomic mass is 16.5. The summed E-state index contributed by atoms with van der Waals surface area (Å²) < 4.78 is 6.71. The minimum absolute atomic E-state index is 0.634. The highest BCUT2D eigenvalue weighted by Gasteiger charge is 2.51. The summed E-state index contributed by atoms with van der Waals surface area (Å²) >= 11 is 0. The Morgan fingerprint density at radius 2 is 0.950 bits per heavy atom. The van der Waals surface area contributed by atoms with Crippen LogP contribution < -0.4 is 4.74 Å². The summed E-state index contributed by atoms with van der Waals surface area (Å²) in [7, 11) is 0. The lowest BCUT2D eigenvalue weighted by molar-refractivity contribution is 0.436. The molecular weight excluding hydrogens is 731 g/mol. The predicted molar refractivity (Wildman–Crippen MR) is 244 cm³/mol. The Hall–Kier alpha value is -7.95. The molecule has 0 saturated heterocycles. The van der Waals surface area contributed by atoms with Gasteiger partial charge in [0.15, 0.2) is 0 Å². The molecular formula is C56H33N3O. The van der Waals surface area contributed by atoms with E-state index in [0.29, 0.717) is 0 Å². The van der Waals surface area contributed by atoms with Gasteiger partial charge in [-0.15, -0.1) is 0 Å². The smallest absolute Gasteiger partial charge is 0.132 e. The van der Waals surface area contributed by atoms with Crippen molar-refractivity contribution in [1.82, 2.24) is 15.0 Å². The molecule has 1 aliphatic heterocycles. The normalized spacial score (nSPS) is 13.3. The first kappa shape index (κ1) is 33.1. The zero-order valence-corrected chi connectivity index (χ0v) is 32.3. The molecule has 2 aliphatic rings. The summed E-state index contributed by atoms with van der Waals surface area (Å²) in [6.45, 7) is 0. The van der Waals surface area contributed by atoms with E-state index in [2.05, 4.69) is 194 Å². The van der Waals surface area contributed by atoms with Gasteiger partial charge in [0.1, 0.15) is 11.5 Å². The molecule has 60 heavy (non-hydrogen) atoms. The predicted octanol–water partition coefficient (Wildman–Crippen LogP) is 14.0. The second-order valence-electron chi connectivity index (χ2n) is 15.8. The highest BCUT2D eigenvalue weighted by molar-refractivity contribution is 6.20. The Balaban J connectivity index is 1.13. The lowest BCUT2D eigenvalue weighted by Gasteiger charge is -2.39. The van der Waals surface area contributed by atoms with Crippen molar-refractivity contribution in [3.05, 3.63) is 222 Å². The molecule has 3 aromatic heterocycles. The number of para-hydroxylation sites is 3. The molecule has 0 bridgehead atoms. The first-order valence-corrected chi connectivity index (χ1v) is 20.4. The molecule has 11 aromatic rings. The molecule has 0 N–H and O–H groups in total. The maximum Gasteiger partial charge on any atom is 0.132 e. The zero-order valence-electron chi connectivity index (χ0n) is 32.3. The van der Waals surface area contributed by atoms with Crippen LogP contribution in [0.3, 0.4) is 0 Å². The summed E-state index contributed by atoms with van der Waals surface area (Å²) in [5, 5.41) is 5.57. The van der Waals surface area contributed by atoms with E-state index in [4.69, 9.17) is 19.7 Å². The van der Waals surface area contributed by atoms with Crippen molar-refractivity contribution in [2.24, 2.45) is 0 Å². The van der Waals surface area contributed by atoms with Crippen LogP contribution in [0.5, 0.6) is 11.5 Å². The summed E-state index contributed by atoms with van der Waals surface area (Å²) in [5.41, 5.74) is 15.3. The second-order valence-corrected chi connectivity index (χ2v) is 15.8. The van der Waals surface area contributed by atoms with Gasteiger partial charge in [-0.25, -0.2) is 15.0 Å². The molecule has 0 radical (unpaired) electrons. The van der Waals surface area contributed by atoms with Gasteiger partial charge in [0.2, 0.25) is 0 Å². The van der Waals surface area contributed by atoms with E-state index in [1.165, 1.54) is 27.6 Å². The van der Waals surface area contributed by atoms with Crippen molar-refractivity contribution >= 4 is 43.5 Å². The zero-order chi connectivity index (χ0) is 39.4. The number of pyridine rings is 3. The van der Waals surface area contributed by atoms with Gasteiger partial charge in [-0.1, -0.05) is 164 Å². The van der Waals surface area contributed by atoms with Gasteiger partial charge in [-0.2, -0.15) is 0 Å². The number of rotatable bonds is 3. The van der Waals surface area contributed by atoms with Crippen LogP contribution in [-0.4, -0.2) is 15.0 Å². The summed E-state index contributed by atoms with van der Waals surface area (Å²) in [6, 6.07) is 71.1. The van der Waals surface area contributed by atoms with Gasteiger partial charge >= 0.3 is 0 Å². The Morgan fingerprint density at radius 1 is 0.383 bits per heavy atom. The van der Waals surface area contributed by atoms with Crippen LogP contribution in [0.2, 0.25) is 0 Å². The number of ether oxygens (including phenoxy) is 1. The third kappa shape index (κ3) is 4.59. The summed E-state index contributed by atoms with van der Waals surface area (Å²) in [4.78, 5) is 16.0. The van der Waals surface area contributed by atoms with Crippen molar-refractivity contribution in [3.63, 3.8) is 0 Å². The van der Waals surface area contributed by atoms with Crippen molar-refractivity contribution in [3.8, 4) is 56.4 Å². The molecule has 278 valence electrons. The fraction of sp³-hybridized carbons (Fsp3) is 0.0179. The lowest BCUT2D eigenvalue weighted by Crippen LogP contribution is -2.32. The van der Waals surface area contributed by atoms with Crippen molar-refractivity contribution in [2.75, 3.05) is 0 Å². The van der Waals surface area contributed by atoms with E-state index in [9.17, 15) is 0 Å². The van der Waals surface area contributed by atoms with E-state index in [0.717, 1.165) is 94.5 Å². The molecule has 0 fully saturated rings. The minimum atomic E-state index is -0.634. The van der Waals surface area contributed by atoms with Gasteiger partial charge in [-0.05, 0) is 58.7 Å². The topological polar surface area (TPSA) is 47.9 Å². The van der Waals surface area contributed by atoms with Crippen LogP contribution >= 0.6 is 0 Å². The van der Waals surface area contributed by atoms with Gasteiger partial charge in [0.05, 0.1) is 39.0 Å². The number of hydrogen-bond acceptors (Lipinski definition) is 4. The molecule has 13 rings (SSSR count). The third-order valence-corrected chi connectivity index (χ3v) is 12.7. The van der Waals surface area contributed by atoms with Crippen molar-refractivity contribution in [1.29, 1.82) is 0 Å². The number of benzene rings is 8. The summed E-state index contributed by atoms with van der Waals surface area (Å²) in [5.74, 6) is 1.74. The molecule has 0 saturated carbocycles. The largest absolute Gasteiger partial charge is 0.457 e. The molecule has 1 spiro atoms. The van der Waals surface area contributed by atoms with Gasteiger partial charge in [-0.3, -0.25) is 0 Å². The third-order valence-electron chi connectivity index (χ3n) is 12.7. The first-order chi connectivity index (χ1) is 29.7. The average Bonchev–Trinajstić information content (AvgIpc) is 3.61.